The Morgan fingerprint density at radius 2 is 0.581 bits per heavy atom. The van der Waals surface area contributed by atoms with Crippen LogP contribution in [0.15, 0.2) is 146 Å². The molecule has 0 aliphatic rings. The van der Waals surface area contributed by atoms with Gasteiger partial charge in [-0.1, -0.05) is 108 Å². The molecule has 0 heterocycles. The van der Waals surface area contributed by atoms with Crippen LogP contribution in [0.4, 0.5) is 0 Å². The highest BCUT2D eigenvalue weighted by molar-refractivity contribution is 7.80. The van der Waals surface area contributed by atoms with Crippen molar-refractivity contribution in [2.45, 2.75) is 20.8 Å². The molecule has 0 N–H and O–H groups in total. The van der Waals surface area contributed by atoms with E-state index in [0.717, 1.165) is 50.4 Å². The predicted octanol–water partition coefficient (Wildman–Crippen LogP) is 9.75. The zero-order valence-corrected chi connectivity index (χ0v) is 25.4. The highest BCUT2D eigenvalue weighted by Crippen LogP contribution is 2.44. The average Bonchev–Trinajstić information content (AvgIpc) is 3.03. The number of rotatable bonds is 9. The van der Waals surface area contributed by atoms with Crippen molar-refractivity contribution in [3.8, 4) is 34.5 Å². The standard InChI is InChI=1S/C39H33O3P/c1-28-16-22-31(23-17-28)40-34-10-4-7-13-37(34)43(38-14-8-5-11-35(38)41-32-24-18-29(2)19-25-32)39-15-9-6-12-36(39)42-33-26-20-30(3)21-27-33/h4-27H,1-3H3. The molecule has 0 radical (unpaired) electrons. The highest BCUT2D eigenvalue weighted by atomic mass is 31.1. The molecule has 6 aromatic carbocycles. The molecular formula is C39H33O3P. The zero-order chi connectivity index (χ0) is 29.6. The van der Waals surface area contributed by atoms with Crippen molar-refractivity contribution in [2.24, 2.45) is 0 Å². The Hall–Kier alpha value is -4.85. The highest BCUT2D eigenvalue weighted by Gasteiger charge is 2.27. The Morgan fingerprint density at radius 1 is 0.326 bits per heavy atom. The topological polar surface area (TPSA) is 27.7 Å². The number of para-hydroxylation sites is 3. The summed E-state index contributed by atoms with van der Waals surface area (Å²) in [6.45, 7) is 6.23. The van der Waals surface area contributed by atoms with Crippen LogP contribution >= 0.6 is 7.92 Å². The summed E-state index contributed by atoms with van der Waals surface area (Å²) < 4.78 is 19.7. The molecule has 4 heteroatoms. The molecule has 6 aromatic rings. The average molecular weight is 581 g/mol. The lowest BCUT2D eigenvalue weighted by Gasteiger charge is -2.26. The molecule has 0 unspecified atom stereocenters. The van der Waals surface area contributed by atoms with Gasteiger partial charge in [-0.15, -0.1) is 0 Å². The van der Waals surface area contributed by atoms with Crippen molar-refractivity contribution in [2.75, 3.05) is 0 Å². The largest absolute Gasteiger partial charge is 0.457 e. The minimum Gasteiger partial charge on any atom is -0.457 e. The minimum absolute atomic E-state index is 0.793. The van der Waals surface area contributed by atoms with Crippen LogP contribution in [0.25, 0.3) is 0 Å². The number of benzene rings is 6. The third kappa shape index (κ3) is 6.80. The molecule has 6 rings (SSSR count). The van der Waals surface area contributed by atoms with E-state index in [1.54, 1.807) is 0 Å². The first-order chi connectivity index (χ1) is 21.0. The van der Waals surface area contributed by atoms with Gasteiger partial charge in [0.1, 0.15) is 34.5 Å². The van der Waals surface area contributed by atoms with E-state index in [4.69, 9.17) is 14.2 Å². The molecule has 43 heavy (non-hydrogen) atoms. The van der Waals surface area contributed by atoms with Crippen molar-refractivity contribution in [3.05, 3.63) is 162 Å². The quantitative estimate of drug-likeness (QED) is 0.159. The van der Waals surface area contributed by atoms with Gasteiger partial charge in [-0.3, -0.25) is 0 Å². The minimum atomic E-state index is -1.19. The summed E-state index contributed by atoms with van der Waals surface area (Å²) >= 11 is 0. The maximum absolute atomic E-state index is 6.57. The lowest BCUT2D eigenvalue weighted by Crippen LogP contribution is -2.24. The van der Waals surface area contributed by atoms with Crippen molar-refractivity contribution in [3.63, 3.8) is 0 Å². The summed E-state index contributed by atoms with van der Waals surface area (Å²) in [5.41, 5.74) is 3.56. The first-order valence-corrected chi connectivity index (χ1v) is 15.7. The van der Waals surface area contributed by atoms with E-state index in [1.165, 1.54) is 16.7 Å². The van der Waals surface area contributed by atoms with Crippen molar-refractivity contribution >= 4 is 23.8 Å². The van der Waals surface area contributed by atoms with Crippen LogP contribution in [0.2, 0.25) is 0 Å². The van der Waals surface area contributed by atoms with Crippen molar-refractivity contribution in [1.82, 2.24) is 0 Å². The summed E-state index contributed by atoms with van der Waals surface area (Å²) in [6.07, 6.45) is 0. The number of aryl methyl sites for hydroxylation is 3. The maximum atomic E-state index is 6.57. The Bertz CT molecular complexity index is 1590. The van der Waals surface area contributed by atoms with Crippen LogP contribution in [0, 0.1) is 20.8 Å². The first kappa shape index (κ1) is 28.3. The van der Waals surface area contributed by atoms with Gasteiger partial charge < -0.3 is 14.2 Å². The Balaban J connectivity index is 1.50. The van der Waals surface area contributed by atoms with E-state index < -0.39 is 7.92 Å². The molecule has 0 fully saturated rings. The second-order valence-electron chi connectivity index (χ2n) is 10.5. The lowest BCUT2D eigenvalue weighted by molar-refractivity contribution is 0.485. The van der Waals surface area contributed by atoms with Crippen LogP contribution in [0.1, 0.15) is 16.7 Å². The van der Waals surface area contributed by atoms with Gasteiger partial charge in [-0.25, -0.2) is 0 Å². The molecule has 0 aliphatic carbocycles. The van der Waals surface area contributed by atoms with E-state index in [9.17, 15) is 0 Å². The van der Waals surface area contributed by atoms with E-state index in [1.807, 2.05) is 72.8 Å². The Labute approximate surface area is 255 Å². The zero-order valence-electron chi connectivity index (χ0n) is 24.5. The van der Waals surface area contributed by atoms with Gasteiger partial charge in [0.25, 0.3) is 0 Å². The van der Waals surface area contributed by atoms with Crippen LogP contribution < -0.4 is 30.1 Å². The van der Waals surface area contributed by atoms with Gasteiger partial charge in [0.2, 0.25) is 0 Å². The summed E-state index contributed by atoms with van der Waals surface area (Å²) in [7, 11) is -1.19. The Kier molecular flexibility index (Phi) is 8.54. The van der Waals surface area contributed by atoms with Gasteiger partial charge in [-0.05, 0) is 83.3 Å². The fourth-order valence-corrected chi connectivity index (χ4v) is 7.28. The summed E-state index contributed by atoms with van der Waals surface area (Å²) in [4.78, 5) is 0. The van der Waals surface area contributed by atoms with Crippen molar-refractivity contribution < 1.29 is 14.2 Å². The summed E-state index contributed by atoms with van der Waals surface area (Å²) in [5.74, 6) is 4.78. The number of hydrogen-bond acceptors (Lipinski definition) is 3. The van der Waals surface area contributed by atoms with E-state index in [-0.39, 0.29) is 0 Å². The molecule has 0 saturated heterocycles. The molecule has 0 spiro atoms. The predicted molar refractivity (Wildman–Crippen MR) is 179 cm³/mol. The van der Waals surface area contributed by atoms with Gasteiger partial charge in [0, 0.05) is 15.9 Å². The maximum Gasteiger partial charge on any atom is 0.135 e. The monoisotopic (exact) mass is 580 g/mol. The van der Waals surface area contributed by atoms with Gasteiger partial charge in [-0.2, -0.15) is 0 Å². The fraction of sp³-hybridized carbons (Fsp3) is 0.0769. The van der Waals surface area contributed by atoms with E-state index in [2.05, 4.69) is 93.6 Å². The molecule has 0 amide bonds. The molecular weight excluding hydrogens is 547 g/mol. The van der Waals surface area contributed by atoms with Gasteiger partial charge in [0.15, 0.2) is 0 Å². The number of hydrogen-bond donors (Lipinski definition) is 0. The van der Waals surface area contributed by atoms with Crippen LogP contribution in [0.3, 0.4) is 0 Å². The molecule has 0 aromatic heterocycles. The SMILES string of the molecule is Cc1ccc(Oc2ccccc2P(c2ccccc2Oc2ccc(C)cc2)c2ccccc2Oc2ccc(C)cc2)cc1. The van der Waals surface area contributed by atoms with Crippen LogP contribution in [0.5, 0.6) is 34.5 Å². The molecule has 0 saturated carbocycles. The molecule has 0 aliphatic heterocycles. The second-order valence-corrected chi connectivity index (χ2v) is 12.6. The van der Waals surface area contributed by atoms with E-state index >= 15 is 0 Å². The summed E-state index contributed by atoms with van der Waals surface area (Å²) in [5, 5.41) is 3.20. The molecule has 0 atom stereocenters. The smallest absolute Gasteiger partial charge is 0.135 e. The summed E-state index contributed by atoms with van der Waals surface area (Å²) in [6, 6.07) is 49.3. The van der Waals surface area contributed by atoms with Crippen LogP contribution in [-0.4, -0.2) is 0 Å². The third-order valence-corrected chi connectivity index (χ3v) is 9.62. The second kappa shape index (κ2) is 13.0. The van der Waals surface area contributed by atoms with Gasteiger partial charge in [0.05, 0.1) is 0 Å². The third-order valence-electron chi connectivity index (χ3n) is 7.06. The molecule has 3 nitrogen and oxygen atoms in total. The molecule has 212 valence electrons. The molecule has 0 bridgehead atoms. The number of ether oxygens (including phenoxy) is 3. The lowest BCUT2D eigenvalue weighted by atomic mass is 10.2. The van der Waals surface area contributed by atoms with Crippen molar-refractivity contribution in [1.29, 1.82) is 0 Å². The van der Waals surface area contributed by atoms with Crippen LogP contribution in [-0.2, 0) is 0 Å². The van der Waals surface area contributed by atoms with Gasteiger partial charge >= 0.3 is 0 Å². The van der Waals surface area contributed by atoms with E-state index in [0.29, 0.717) is 0 Å². The normalized spacial score (nSPS) is 10.9. The Morgan fingerprint density at radius 3 is 0.860 bits per heavy atom. The fourth-order valence-electron chi connectivity index (χ4n) is 4.77. The first-order valence-electron chi connectivity index (χ1n) is 14.3.